The third-order valence-corrected chi connectivity index (χ3v) is 20.7. The molecule has 524 valence electrons. The second-order valence-electron chi connectivity index (χ2n) is 25.7. The van der Waals surface area contributed by atoms with Crippen molar-refractivity contribution in [2.24, 2.45) is 29.6 Å². The third-order valence-electron chi connectivity index (χ3n) is 18.3. The van der Waals surface area contributed by atoms with E-state index >= 15 is 13.8 Å². The number of aliphatic hydroxyl groups excluding tert-OH is 3. The van der Waals surface area contributed by atoms with Crippen molar-refractivity contribution in [3.63, 3.8) is 0 Å². The monoisotopic (exact) mass is 1370 g/mol. The van der Waals surface area contributed by atoms with Gasteiger partial charge in [-0.05, 0) is 67.7 Å². The number of likely N-dealkylation sites (tertiary alicyclic amines) is 1. The van der Waals surface area contributed by atoms with Gasteiger partial charge in [-0.3, -0.25) is 71.4 Å². The van der Waals surface area contributed by atoms with Gasteiger partial charge in [0, 0.05) is 98.7 Å². The van der Waals surface area contributed by atoms with E-state index in [2.05, 4.69) is 52.8 Å². The van der Waals surface area contributed by atoms with Crippen LogP contribution in [0.15, 0.2) is 53.6 Å². The van der Waals surface area contributed by atoms with Crippen molar-refractivity contribution >= 4 is 116 Å². The molecule has 0 aliphatic carbocycles. The van der Waals surface area contributed by atoms with Gasteiger partial charge in [0.2, 0.25) is 65.0 Å². The number of nitrogens with one attached hydrogen (secondary N) is 10. The van der Waals surface area contributed by atoms with Crippen molar-refractivity contribution in [2.45, 2.75) is 171 Å². The molecule has 5 heterocycles. The number of aromatic nitrogens is 1. The first-order valence-corrected chi connectivity index (χ1v) is 35.0. The fourth-order valence-electron chi connectivity index (χ4n) is 12.1. The van der Waals surface area contributed by atoms with Gasteiger partial charge in [-0.15, -0.1) is 0 Å². The van der Waals surface area contributed by atoms with Gasteiger partial charge in [-0.2, -0.15) is 11.8 Å². The molecular weight excluding hydrogens is 1280 g/mol. The minimum atomic E-state index is -2.31. The second-order valence-corrected chi connectivity index (χ2v) is 28.1. The number of hydrogen-bond acceptors (Lipinski definition) is 19. The van der Waals surface area contributed by atoms with Gasteiger partial charge in [-0.25, -0.2) is 0 Å². The van der Waals surface area contributed by atoms with Crippen LogP contribution in [0, 0.1) is 29.6 Å². The zero-order valence-electron chi connectivity index (χ0n) is 55.2. The summed E-state index contributed by atoms with van der Waals surface area (Å²) in [5.74, 6) is -15.4. The van der Waals surface area contributed by atoms with Crippen LogP contribution in [0.1, 0.15) is 105 Å². The molecule has 2 fully saturated rings. The fourth-order valence-corrected chi connectivity index (χ4v) is 14.1. The van der Waals surface area contributed by atoms with E-state index in [1.165, 1.54) is 18.7 Å². The molecule has 2 saturated heterocycles. The SMILES string of the molecule is CC[C@H](C)[C@@H]1NC(=O)CNC(=O)[C@H]2CC(=O)[C@H]([C@@H](C)[C@@H](O)CO)NC(=O)[C@@H]3C[C@@H](O)CN3C(=O)[C@H](CC(=O)NCc3ccc(NC(C)[C@H](C)NC(=O)C(NC(=O)CCN4C(=O)CC(SC)C4=O)C(C)C)cc3)CC(=O)[C@H](CS(=O)c3[nH]c4ccccc4c3C2)NC(=O)CNC1=O. The Bertz CT molecular complexity index is 3440. The zero-order valence-corrected chi connectivity index (χ0v) is 56.8. The maximum absolute atomic E-state index is 15.1. The molecule has 0 spiro atoms. The van der Waals surface area contributed by atoms with Gasteiger partial charge < -0.3 is 73.1 Å². The highest BCUT2D eigenvalue weighted by Gasteiger charge is 2.46. The average molecular weight is 1380 g/mol. The molecule has 4 aliphatic heterocycles. The Labute approximate surface area is 562 Å². The largest absolute Gasteiger partial charge is 0.394 e. The van der Waals surface area contributed by atoms with Crippen LogP contribution >= 0.6 is 11.8 Å². The molecule has 1 aromatic heterocycles. The molecule has 0 radical (unpaired) electrons. The van der Waals surface area contributed by atoms with Gasteiger partial charge in [0.1, 0.15) is 23.2 Å². The van der Waals surface area contributed by atoms with Crippen molar-refractivity contribution in [3.05, 3.63) is 59.7 Å². The highest BCUT2D eigenvalue weighted by molar-refractivity contribution is 8.00. The van der Waals surface area contributed by atoms with E-state index in [9.17, 15) is 68.1 Å². The number of para-hydroxylation sites is 1. The fraction of sp³-hybridized carbons (Fsp3) is 0.585. The van der Waals surface area contributed by atoms with Gasteiger partial charge in [0.25, 0.3) is 0 Å². The van der Waals surface area contributed by atoms with E-state index < -0.39 is 211 Å². The van der Waals surface area contributed by atoms with Crippen LogP contribution in [0.3, 0.4) is 0 Å². The molecule has 13 N–H and O–H groups in total. The van der Waals surface area contributed by atoms with Crippen molar-refractivity contribution in [1.82, 2.24) is 57.3 Å². The topological polar surface area (TPSA) is 430 Å². The van der Waals surface area contributed by atoms with Crippen LogP contribution in [-0.4, -0.2) is 215 Å². The molecule has 15 atom stereocenters. The Morgan fingerprint density at radius 2 is 1.44 bits per heavy atom. The predicted molar refractivity (Wildman–Crippen MR) is 353 cm³/mol. The maximum atomic E-state index is 15.1. The number of anilines is 1. The lowest BCUT2D eigenvalue weighted by molar-refractivity contribution is -0.145. The molecule has 11 amide bonds. The van der Waals surface area contributed by atoms with Crippen molar-refractivity contribution < 1.29 is 81.9 Å². The number of rotatable bonds is 20. The third kappa shape index (κ3) is 19.3. The molecule has 0 saturated carbocycles. The van der Waals surface area contributed by atoms with E-state index in [-0.39, 0.29) is 66.7 Å². The van der Waals surface area contributed by atoms with Crippen molar-refractivity contribution in [2.75, 3.05) is 50.1 Å². The standard InChI is InChI=1S/C65H90N12O17S2/c1-9-33(4)57-61(90)68-27-53(85)71-45-31-96(94)63-43(42-12-10-11-13-44(42)72-63)20-38(59(88)67-28-54(86)74-57)21-48(81)58(34(5)49(82)30-78)75-60(89)46-24-41(79)29-77(46)64(92)39(22-47(45)80)23-52(84)66-26-37-14-16-40(17-15-37)69-35(6)36(7)70-62(91)56(32(2)3)73-51(83)18-19-76-55(87)25-50(95-8)65(76)93/h10-17,32-36,38-39,41,45-46,49-50,56-58,69,72,78-79,82H,9,18-31H2,1-8H3,(H,66,84)(H,67,88)(H,68,90)(H,70,91)(H,71,85)(H,73,83)(H,74,86)(H,75,89)/t33-,34-,35?,36-,38+,39-,41+,45-,46-,49-,50?,56?,57-,58-,96?/m0/s1. The molecule has 29 nitrogen and oxygen atoms in total. The summed E-state index contributed by atoms with van der Waals surface area (Å²) in [7, 11) is -2.31. The van der Waals surface area contributed by atoms with E-state index in [4.69, 9.17) is 0 Å². The lowest BCUT2D eigenvalue weighted by atomic mass is 9.85. The zero-order chi connectivity index (χ0) is 70.4. The van der Waals surface area contributed by atoms with Crippen LogP contribution in [0.2, 0.25) is 0 Å². The Kier molecular flexibility index (Phi) is 26.8. The van der Waals surface area contributed by atoms with Gasteiger partial charge in [0.15, 0.2) is 11.6 Å². The number of fused-ring (bicyclic) bond motifs is 5. The molecule has 7 rings (SSSR count). The van der Waals surface area contributed by atoms with Crippen molar-refractivity contribution in [1.29, 1.82) is 0 Å². The number of carbonyl (C=O) groups is 13. The predicted octanol–water partition coefficient (Wildman–Crippen LogP) is -1.29. The smallest absolute Gasteiger partial charge is 0.243 e. The van der Waals surface area contributed by atoms with E-state index in [1.54, 1.807) is 89.4 Å². The summed E-state index contributed by atoms with van der Waals surface area (Å²) in [6, 6.07) is 5.51. The first-order valence-electron chi connectivity index (χ1n) is 32.4. The minimum absolute atomic E-state index is 0.0273. The number of carbonyl (C=O) groups excluding carboxylic acids is 13. The highest BCUT2D eigenvalue weighted by atomic mass is 32.2. The second kappa shape index (κ2) is 34.2. The highest BCUT2D eigenvalue weighted by Crippen LogP contribution is 2.32. The number of Topliss-reactive ketones (excluding diaryl/α,β-unsaturated/α-hetero) is 2. The first kappa shape index (κ1) is 75.3. The minimum Gasteiger partial charge on any atom is -0.394 e. The summed E-state index contributed by atoms with van der Waals surface area (Å²) in [5, 5.41) is 56.8. The Morgan fingerprint density at radius 1 is 0.760 bits per heavy atom. The number of thioether (sulfide) groups is 1. The number of amides is 11. The summed E-state index contributed by atoms with van der Waals surface area (Å²) < 4.78 is 15.1. The normalized spacial score (nSPS) is 25.6. The van der Waals surface area contributed by atoms with Crippen molar-refractivity contribution in [3.8, 4) is 0 Å². The quantitative estimate of drug-likeness (QED) is 0.0586. The Hall–Kier alpha value is -8.13. The number of nitrogens with zero attached hydrogens (tertiary/aromatic N) is 2. The molecule has 2 bridgehead atoms. The molecular formula is C65H90N12O17S2. The number of benzene rings is 2. The number of H-pyrrole nitrogens is 1. The van der Waals surface area contributed by atoms with Gasteiger partial charge in [0.05, 0.1) is 71.7 Å². The number of aromatic amines is 1. The molecule has 2 aromatic carbocycles. The maximum Gasteiger partial charge on any atom is 0.243 e. The number of hydrogen-bond donors (Lipinski definition) is 13. The number of ketones is 2. The van der Waals surface area contributed by atoms with Gasteiger partial charge in [-0.1, -0.05) is 71.4 Å². The van der Waals surface area contributed by atoms with Crippen LogP contribution < -0.4 is 47.9 Å². The van der Waals surface area contributed by atoms with Crippen LogP contribution in [0.5, 0.6) is 0 Å². The van der Waals surface area contributed by atoms with E-state index in [1.807, 2.05) is 6.92 Å². The first-order chi connectivity index (χ1) is 45.5. The lowest BCUT2D eigenvalue weighted by Crippen LogP contribution is -2.56. The molecule has 96 heavy (non-hydrogen) atoms. The summed E-state index contributed by atoms with van der Waals surface area (Å²) >= 11 is 1.27. The summed E-state index contributed by atoms with van der Waals surface area (Å²) in [4.78, 5) is 187. The summed E-state index contributed by atoms with van der Waals surface area (Å²) in [6.07, 6.45) is -4.00. The summed E-state index contributed by atoms with van der Waals surface area (Å²) in [5.41, 5.74) is 1.85. The van der Waals surface area contributed by atoms with E-state index in [0.717, 1.165) is 9.80 Å². The Morgan fingerprint density at radius 3 is 2.09 bits per heavy atom. The molecule has 3 aromatic rings. The number of imide groups is 1. The average Bonchev–Trinajstić information content (AvgIpc) is 1.62. The molecule has 4 aliphatic rings. The Balaban J connectivity index is 1.14. The van der Waals surface area contributed by atoms with E-state index in [0.29, 0.717) is 28.6 Å². The summed E-state index contributed by atoms with van der Waals surface area (Å²) in [6.45, 7) is 8.90. The number of aliphatic hydroxyl groups is 3. The lowest BCUT2D eigenvalue weighted by Gasteiger charge is -2.32. The molecule has 31 heteroatoms. The van der Waals surface area contributed by atoms with Gasteiger partial charge >= 0.3 is 0 Å². The van der Waals surface area contributed by atoms with Crippen LogP contribution in [-0.2, 0) is 86.1 Å². The van der Waals surface area contributed by atoms with Crippen LogP contribution in [0.25, 0.3) is 10.9 Å². The van der Waals surface area contributed by atoms with Crippen LogP contribution in [0.4, 0.5) is 5.69 Å². The molecule has 4 unspecified atom stereocenters.